The van der Waals surface area contributed by atoms with Gasteiger partial charge in [0.25, 0.3) is 0 Å². The van der Waals surface area contributed by atoms with Crippen molar-refractivity contribution in [3.63, 3.8) is 0 Å². The third kappa shape index (κ3) is 7.02. The molecule has 4 heteroatoms. The number of hydrogen-bond acceptors (Lipinski definition) is 1. The van der Waals surface area contributed by atoms with E-state index in [0.717, 1.165) is 16.7 Å². The molecular weight excluding hydrogens is 719 g/mol. The van der Waals surface area contributed by atoms with Crippen molar-refractivity contribution >= 4 is 63.3 Å². The van der Waals surface area contributed by atoms with Crippen LogP contribution in [0.2, 0.25) is 0 Å². The summed E-state index contributed by atoms with van der Waals surface area (Å²) in [5.74, 6) is 4.15. The summed E-state index contributed by atoms with van der Waals surface area (Å²) in [6.07, 6.45) is 0. The standard InChI is InChI=1S/C52H40O2P2/c53-52(54)51-38-22-21-37-50(51)49-36-20-19-35-48(49)41(39-55(42-23-7-1-8-24-42,43-25-9-2-10-26-43)44-27-11-3-12-28-44)40-56(45-29-13-4-14-30-45,46-31-15-5-16-32-46)47-33-17-6-18-34-47/h1-40H/p+1/b41-39+. The zero-order chi connectivity index (χ0) is 38.2. The maximum Gasteiger partial charge on any atom is 0.336 e. The third-order valence-electron chi connectivity index (χ3n) is 10.3. The van der Waals surface area contributed by atoms with E-state index >= 15 is 0 Å². The Hall–Kier alpha value is -6.30. The average Bonchev–Trinajstić information content (AvgIpc) is 3.28. The van der Waals surface area contributed by atoms with Crippen molar-refractivity contribution < 1.29 is 9.90 Å². The maximum absolute atomic E-state index is 12.8. The van der Waals surface area contributed by atoms with Crippen molar-refractivity contribution in [3.8, 4) is 11.1 Å². The lowest BCUT2D eigenvalue weighted by Gasteiger charge is -2.31. The summed E-state index contributed by atoms with van der Waals surface area (Å²) in [4.78, 5) is 12.8. The Labute approximate surface area is 330 Å². The smallest absolute Gasteiger partial charge is 0.336 e. The molecule has 270 valence electrons. The van der Waals surface area contributed by atoms with E-state index in [4.69, 9.17) is 0 Å². The van der Waals surface area contributed by atoms with Crippen molar-refractivity contribution in [3.05, 3.63) is 247 Å². The summed E-state index contributed by atoms with van der Waals surface area (Å²) in [5.41, 5.74) is 3.84. The molecule has 0 saturated carbocycles. The molecule has 8 rings (SSSR count). The number of aromatic carboxylic acids is 1. The number of allylic oxidation sites excluding steroid dienone is 1. The first-order chi connectivity index (χ1) is 27.6. The number of hydrogen-bond donors (Lipinski definition) is 1. The first kappa shape index (κ1) is 36.7. The SMILES string of the molecule is O=C(O)c1ccccc1-c1ccccc1/C(C=P(c1ccccc1)(c1ccccc1)c1ccccc1)=C/[P+](c1ccccc1)(c1ccccc1)c1ccccc1. The van der Waals surface area contributed by atoms with E-state index < -0.39 is 20.1 Å². The lowest BCUT2D eigenvalue weighted by Crippen LogP contribution is -2.30. The molecule has 0 radical (unpaired) electrons. The van der Waals surface area contributed by atoms with Crippen molar-refractivity contribution in [2.45, 2.75) is 0 Å². The van der Waals surface area contributed by atoms with E-state index in [0.29, 0.717) is 5.56 Å². The van der Waals surface area contributed by atoms with Gasteiger partial charge in [-0.25, -0.2) is 4.79 Å². The topological polar surface area (TPSA) is 37.3 Å². The molecular formula is C52H41O2P2+. The van der Waals surface area contributed by atoms with E-state index in [9.17, 15) is 9.90 Å². The summed E-state index contributed by atoms with van der Waals surface area (Å²) < 4.78 is 0. The van der Waals surface area contributed by atoms with Crippen LogP contribution in [0.25, 0.3) is 16.7 Å². The molecule has 0 heterocycles. The van der Waals surface area contributed by atoms with Gasteiger partial charge in [0.2, 0.25) is 0 Å². The monoisotopic (exact) mass is 759 g/mol. The number of carbonyl (C=O) groups is 1. The number of carboxylic acids is 1. The summed E-state index contributed by atoms with van der Waals surface area (Å²) in [6, 6.07) is 81.0. The van der Waals surface area contributed by atoms with Crippen LogP contribution in [0.15, 0.2) is 236 Å². The zero-order valence-electron chi connectivity index (χ0n) is 30.8. The molecule has 0 fully saturated rings. The molecule has 0 amide bonds. The van der Waals surface area contributed by atoms with E-state index in [-0.39, 0.29) is 5.56 Å². The second-order valence-electron chi connectivity index (χ2n) is 13.6. The van der Waals surface area contributed by atoms with E-state index in [1.54, 1.807) is 12.1 Å². The molecule has 1 N–H and O–H groups in total. The number of rotatable bonds is 11. The van der Waals surface area contributed by atoms with Gasteiger partial charge in [-0.3, -0.25) is 0 Å². The Balaban J connectivity index is 1.62. The minimum Gasteiger partial charge on any atom is -0.478 e. The van der Waals surface area contributed by atoms with Gasteiger partial charge in [-0.15, -0.1) is 0 Å². The summed E-state index contributed by atoms with van der Waals surface area (Å²) in [6.45, 7) is -2.57. The van der Waals surface area contributed by atoms with Crippen molar-refractivity contribution in [2.24, 2.45) is 0 Å². The lowest BCUT2D eigenvalue weighted by atomic mass is 9.93. The molecule has 0 aliphatic rings. The van der Waals surface area contributed by atoms with Crippen LogP contribution in [-0.4, -0.2) is 16.9 Å². The highest BCUT2D eigenvalue weighted by Crippen LogP contribution is 2.59. The summed E-state index contributed by atoms with van der Waals surface area (Å²) >= 11 is 0. The van der Waals surface area contributed by atoms with Crippen LogP contribution in [-0.2, 0) is 0 Å². The Morgan fingerprint density at radius 2 is 0.696 bits per heavy atom. The Morgan fingerprint density at radius 3 is 1.07 bits per heavy atom. The highest BCUT2D eigenvalue weighted by molar-refractivity contribution is 7.98. The van der Waals surface area contributed by atoms with Crippen molar-refractivity contribution in [1.29, 1.82) is 0 Å². The second-order valence-corrected chi connectivity index (χ2v) is 20.1. The minimum atomic E-state index is -2.57. The highest BCUT2D eigenvalue weighted by atomic mass is 31.2. The van der Waals surface area contributed by atoms with Gasteiger partial charge in [0, 0.05) is 5.57 Å². The highest BCUT2D eigenvalue weighted by Gasteiger charge is 2.44. The van der Waals surface area contributed by atoms with Crippen LogP contribution in [0.4, 0.5) is 0 Å². The summed E-state index contributed by atoms with van der Waals surface area (Å²) in [7, 11) is -2.57. The maximum atomic E-state index is 12.8. The molecule has 0 unspecified atom stereocenters. The van der Waals surface area contributed by atoms with Crippen LogP contribution >= 0.6 is 14.1 Å². The molecule has 0 saturated heterocycles. The van der Waals surface area contributed by atoms with Gasteiger partial charge in [-0.1, -0.05) is 188 Å². The van der Waals surface area contributed by atoms with E-state index in [2.05, 4.69) is 212 Å². The van der Waals surface area contributed by atoms with Gasteiger partial charge in [-0.2, -0.15) is 0 Å². The van der Waals surface area contributed by atoms with Crippen LogP contribution in [0, 0.1) is 0 Å². The molecule has 56 heavy (non-hydrogen) atoms. The fourth-order valence-electron chi connectivity index (χ4n) is 7.78. The Kier molecular flexibility index (Phi) is 10.9. The van der Waals surface area contributed by atoms with Gasteiger partial charge in [-0.05, 0) is 87.8 Å². The number of benzene rings is 8. The minimum absolute atomic E-state index is 0.268. The first-order valence-electron chi connectivity index (χ1n) is 18.7. The average molecular weight is 760 g/mol. The molecule has 0 atom stereocenters. The van der Waals surface area contributed by atoms with E-state index in [1.807, 2.05) is 18.2 Å². The zero-order valence-corrected chi connectivity index (χ0v) is 32.6. The van der Waals surface area contributed by atoms with Crippen molar-refractivity contribution in [2.75, 3.05) is 0 Å². The fourth-order valence-corrected chi connectivity index (χ4v) is 15.7. The molecule has 0 aromatic heterocycles. The van der Waals surface area contributed by atoms with Gasteiger partial charge in [0.05, 0.1) is 11.4 Å². The molecule has 8 aromatic carbocycles. The van der Waals surface area contributed by atoms with Gasteiger partial charge in [0.15, 0.2) is 0 Å². The number of carboxylic acid groups (broad SMARTS) is 1. The molecule has 0 aliphatic carbocycles. The van der Waals surface area contributed by atoms with Gasteiger partial charge >= 0.3 is 5.97 Å². The van der Waals surface area contributed by atoms with E-state index in [1.165, 1.54) is 31.8 Å². The largest absolute Gasteiger partial charge is 0.478 e. The fraction of sp³-hybridized carbons (Fsp3) is 0. The Morgan fingerprint density at radius 1 is 0.393 bits per heavy atom. The third-order valence-corrected chi connectivity index (χ3v) is 18.3. The summed E-state index contributed by atoms with van der Waals surface area (Å²) in [5, 5.41) is 17.9. The van der Waals surface area contributed by atoms with Crippen LogP contribution in [0.1, 0.15) is 15.9 Å². The second kappa shape index (κ2) is 16.6. The predicted molar refractivity (Wildman–Crippen MR) is 243 cm³/mol. The van der Waals surface area contributed by atoms with Gasteiger partial charge < -0.3 is 5.11 Å². The lowest BCUT2D eigenvalue weighted by molar-refractivity contribution is 0.0697. The van der Waals surface area contributed by atoms with Crippen LogP contribution in [0.3, 0.4) is 0 Å². The van der Waals surface area contributed by atoms with Crippen LogP contribution < -0.4 is 31.8 Å². The normalized spacial score (nSPS) is 11.8. The van der Waals surface area contributed by atoms with Gasteiger partial charge in [0.1, 0.15) is 23.2 Å². The molecule has 0 aliphatic heterocycles. The molecule has 0 spiro atoms. The predicted octanol–water partition coefficient (Wildman–Crippen LogP) is 10.2. The van der Waals surface area contributed by atoms with Crippen LogP contribution in [0.5, 0.6) is 0 Å². The van der Waals surface area contributed by atoms with Crippen molar-refractivity contribution in [1.82, 2.24) is 0 Å². The Bertz CT molecular complexity index is 2440. The quantitative estimate of drug-likeness (QED) is 0.133. The molecule has 8 aromatic rings. The molecule has 0 bridgehead atoms. The first-order valence-corrected chi connectivity index (χ1v) is 22.4. The molecule has 2 nitrogen and oxygen atoms in total.